The summed E-state index contributed by atoms with van der Waals surface area (Å²) in [6.07, 6.45) is 0. The number of carbonyl (C=O) groups is 1. The van der Waals surface area contributed by atoms with Crippen LogP contribution in [0.25, 0.3) is 0 Å². The Morgan fingerprint density at radius 1 is 1.17 bits per heavy atom. The predicted molar refractivity (Wildman–Crippen MR) is 87.1 cm³/mol. The molecular formula is C16H24F2N4O. The minimum absolute atomic E-state index is 0.0171. The first-order valence-corrected chi connectivity index (χ1v) is 7.55. The molecular weight excluding hydrogens is 302 g/mol. The largest absolute Gasteiger partial charge is 0.355 e. The third-order valence-corrected chi connectivity index (χ3v) is 3.25. The number of benzene rings is 1. The van der Waals surface area contributed by atoms with Gasteiger partial charge in [0.25, 0.3) is 0 Å². The Kier molecular flexibility index (Phi) is 7.44. The number of carbonyl (C=O) groups excluding carboxylic acids is 1. The van der Waals surface area contributed by atoms with Crippen molar-refractivity contribution in [2.24, 2.45) is 10.9 Å². The molecule has 0 saturated heterocycles. The quantitative estimate of drug-likeness (QED) is 0.425. The fraction of sp³-hybridized carbons (Fsp3) is 0.500. The van der Waals surface area contributed by atoms with Crippen molar-refractivity contribution in [3.8, 4) is 0 Å². The first kappa shape index (κ1) is 18.9. The van der Waals surface area contributed by atoms with Crippen LogP contribution in [0.4, 0.5) is 8.78 Å². The summed E-state index contributed by atoms with van der Waals surface area (Å²) >= 11 is 0. The molecule has 23 heavy (non-hydrogen) atoms. The highest BCUT2D eigenvalue weighted by Gasteiger charge is 2.13. The van der Waals surface area contributed by atoms with E-state index in [1.807, 2.05) is 13.8 Å². The van der Waals surface area contributed by atoms with Crippen LogP contribution in [0.5, 0.6) is 0 Å². The average Bonchev–Trinajstić information content (AvgIpc) is 2.49. The zero-order valence-electron chi connectivity index (χ0n) is 13.9. The third kappa shape index (κ3) is 6.22. The minimum atomic E-state index is -0.609. The van der Waals surface area contributed by atoms with Crippen molar-refractivity contribution >= 4 is 11.9 Å². The SMILES string of the molecule is CN=C(NCCNC(=O)C(C)C)NC(C)c1ccc(F)cc1F. The minimum Gasteiger partial charge on any atom is -0.355 e. The summed E-state index contributed by atoms with van der Waals surface area (Å²) in [6, 6.07) is 3.09. The summed E-state index contributed by atoms with van der Waals surface area (Å²) in [5, 5.41) is 8.82. The number of hydrogen-bond acceptors (Lipinski definition) is 2. The van der Waals surface area contributed by atoms with Crippen LogP contribution >= 0.6 is 0 Å². The number of nitrogens with zero attached hydrogens (tertiary/aromatic N) is 1. The van der Waals surface area contributed by atoms with E-state index in [-0.39, 0.29) is 17.9 Å². The van der Waals surface area contributed by atoms with E-state index in [0.717, 1.165) is 6.07 Å². The van der Waals surface area contributed by atoms with Gasteiger partial charge in [0, 0.05) is 37.7 Å². The molecule has 1 rings (SSSR count). The van der Waals surface area contributed by atoms with Gasteiger partial charge < -0.3 is 16.0 Å². The van der Waals surface area contributed by atoms with Gasteiger partial charge in [0.2, 0.25) is 5.91 Å². The van der Waals surface area contributed by atoms with Gasteiger partial charge in [-0.05, 0) is 13.0 Å². The summed E-state index contributed by atoms with van der Waals surface area (Å²) in [5.74, 6) is -0.822. The van der Waals surface area contributed by atoms with Crippen molar-refractivity contribution in [1.29, 1.82) is 0 Å². The van der Waals surface area contributed by atoms with Crippen LogP contribution in [0, 0.1) is 17.6 Å². The van der Waals surface area contributed by atoms with Crippen LogP contribution < -0.4 is 16.0 Å². The molecule has 0 radical (unpaired) electrons. The highest BCUT2D eigenvalue weighted by Crippen LogP contribution is 2.17. The molecule has 1 amide bonds. The Bertz CT molecular complexity index is 561. The lowest BCUT2D eigenvalue weighted by molar-refractivity contribution is -0.123. The predicted octanol–water partition coefficient (Wildman–Crippen LogP) is 1.96. The zero-order chi connectivity index (χ0) is 17.4. The topological polar surface area (TPSA) is 65.5 Å². The molecule has 3 N–H and O–H groups in total. The number of rotatable bonds is 6. The van der Waals surface area contributed by atoms with Crippen molar-refractivity contribution in [1.82, 2.24) is 16.0 Å². The van der Waals surface area contributed by atoms with Crippen molar-refractivity contribution in [2.45, 2.75) is 26.8 Å². The van der Waals surface area contributed by atoms with E-state index >= 15 is 0 Å². The van der Waals surface area contributed by atoms with Gasteiger partial charge in [0.15, 0.2) is 5.96 Å². The molecule has 128 valence electrons. The second kappa shape index (κ2) is 9.07. The molecule has 0 bridgehead atoms. The Morgan fingerprint density at radius 3 is 2.39 bits per heavy atom. The summed E-state index contributed by atoms with van der Waals surface area (Å²) < 4.78 is 26.7. The van der Waals surface area contributed by atoms with E-state index in [9.17, 15) is 13.6 Å². The molecule has 0 spiro atoms. The monoisotopic (exact) mass is 326 g/mol. The maximum atomic E-state index is 13.7. The third-order valence-electron chi connectivity index (χ3n) is 3.25. The Balaban J connectivity index is 2.48. The Morgan fingerprint density at radius 2 is 1.83 bits per heavy atom. The van der Waals surface area contributed by atoms with Crippen LogP contribution in [0.2, 0.25) is 0 Å². The highest BCUT2D eigenvalue weighted by atomic mass is 19.1. The summed E-state index contributed by atoms with van der Waals surface area (Å²) in [4.78, 5) is 15.5. The molecule has 1 atom stereocenters. The lowest BCUT2D eigenvalue weighted by atomic mass is 10.1. The van der Waals surface area contributed by atoms with Gasteiger partial charge in [-0.25, -0.2) is 8.78 Å². The second-order valence-corrected chi connectivity index (χ2v) is 5.48. The van der Waals surface area contributed by atoms with Crippen molar-refractivity contribution in [3.63, 3.8) is 0 Å². The smallest absolute Gasteiger partial charge is 0.222 e. The molecule has 0 heterocycles. The highest BCUT2D eigenvalue weighted by molar-refractivity contribution is 5.80. The van der Waals surface area contributed by atoms with Gasteiger partial charge in [0.05, 0.1) is 6.04 Å². The van der Waals surface area contributed by atoms with Gasteiger partial charge in [-0.15, -0.1) is 0 Å². The van der Waals surface area contributed by atoms with Crippen LogP contribution in [0.15, 0.2) is 23.2 Å². The van der Waals surface area contributed by atoms with E-state index in [1.54, 1.807) is 14.0 Å². The van der Waals surface area contributed by atoms with Gasteiger partial charge in [-0.3, -0.25) is 9.79 Å². The maximum absolute atomic E-state index is 13.7. The molecule has 1 aromatic carbocycles. The molecule has 0 aliphatic carbocycles. The number of hydrogen-bond donors (Lipinski definition) is 3. The standard InChI is InChI=1S/C16H24F2N4O/c1-10(2)15(23)20-7-8-21-16(19-4)22-11(3)13-6-5-12(17)9-14(13)18/h5-6,9-11H,7-8H2,1-4H3,(H,20,23)(H2,19,21,22). The van der Waals surface area contributed by atoms with Gasteiger partial charge in [-0.1, -0.05) is 19.9 Å². The summed E-state index contributed by atoms with van der Waals surface area (Å²) in [7, 11) is 1.59. The number of guanidine groups is 1. The van der Waals surface area contributed by atoms with Gasteiger partial charge in [-0.2, -0.15) is 0 Å². The Labute approximate surface area is 135 Å². The molecule has 7 heteroatoms. The fourth-order valence-electron chi connectivity index (χ4n) is 1.90. The molecule has 0 aliphatic rings. The van der Waals surface area contributed by atoms with E-state index in [1.165, 1.54) is 12.1 Å². The van der Waals surface area contributed by atoms with Crippen LogP contribution in [0.3, 0.4) is 0 Å². The first-order valence-electron chi connectivity index (χ1n) is 7.55. The Hall–Kier alpha value is -2.18. The van der Waals surface area contributed by atoms with Crippen LogP contribution in [-0.4, -0.2) is 32.0 Å². The lowest BCUT2D eigenvalue weighted by Gasteiger charge is -2.19. The number of halogens is 2. The van der Waals surface area contributed by atoms with Gasteiger partial charge >= 0.3 is 0 Å². The second-order valence-electron chi connectivity index (χ2n) is 5.48. The lowest BCUT2D eigenvalue weighted by Crippen LogP contribution is -2.43. The summed E-state index contributed by atoms with van der Waals surface area (Å²) in [6.45, 7) is 6.34. The van der Waals surface area contributed by atoms with Crippen LogP contribution in [0.1, 0.15) is 32.4 Å². The molecule has 0 saturated carbocycles. The van der Waals surface area contributed by atoms with Crippen molar-refractivity contribution in [2.75, 3.05) is 20.1 Å². The molecule has 1 unspecified atom stereocenters. The maximum Gasteiger partial charge on any atom is 0.222 e. The molecule has 0 fully saturated rings. The molecule has 0 aromatic heterocycles. The summed E-state index contributed by atoms with van der Waals surface area (Å²) in [5.41, 5.74) is 0.350. The van der Waals surface area contributed by atoms with Crippen molar-refractivity contribution in [3.05, 3.63) is 35.4 Å². The van der Waals surface area contributed by atoms with E-state index in [2.05, 4.69) is 20.9 Å². The first-order chi connectivity index (χ1) is 10.8. The van der Waals surface area contributed by atoms with Crippen LogP contribution in [-0.2, 0) is 4.79 Å². The van der Waals surface area contributed by atoms with E-state index in [4.69, 9.17) is 0 Å². The molecule has 1 aromatic rings. The number of aliphatic imine (C=N–C) groups is 1. The van der Waals surface area contributed by atoms with Crippen molar-refractivity contribution < 1.29 is 13.6 Å². The normalized spacial score (nSPS) is 12.9. The fourth-order valence-corrected chi connectivity index (χ4v) is 1.90. The van der Waals surface area contributed by atoms with Gasteiger partial charge in [0.1, 0.15) is 11.6 Å². The number of amides is 1. The van der Waals surface area contributed by atoms with E-state index < -0.39 is 11.6 Å². The molecule has 0 aliphatic heterocycles. The zero-order valence-corrected chi connectivity index (χ0v) is 13.9. The molecule has 5 nitrogen and oxygen atoms in total. The number of nitrogens with one attached hydrogen (secondary N) is 3. The average molecular weight is 326 g/mol. The van der Waals surface area contributed by atoms with E-state index in [0.29, 0.717) is 24.6 Å².